The van der Waals surface area contributed by atoms with Crippen molar-refractivity contribution in [2.45, 2.75) is 39.5 Å². The zero-order valence-corrected chi connectivity index (χ0v) is 14.6. The minimum atomic E-state index is 0.352. The van der Waals surface area contributed by atoms with Gasteiger partial charge in [0.05, 0.1) is 7.11 Å². The molecule has 22 heavy (non-hydrogen) atoms. The molecule has 0 spiro atoms. The van der Waals surface area contributed by atoms with Crippen LogP contribution in [0, 0.1) is 5.92 Å². The van der Waals surface area contributed by atoms with Gasteiger partial charge in [0, 0.05) is 26.1 Å². The lowest BCUT2D eigenvalue weighted by molar-refractivity contribution is 0.406. The topological polar surface area (TPSA) is 45.7 Å². The van der Waals surface area contributed by atoms with E-state index in [0.29, 0.717) is 5.92 Å². The van der Waals surface area contributed by atoms with E-state index in [1.165, 1.54) is 18.4 Å². The van der Waals surface area contributed by atoms with E-state index in [9.17, 15) is 0 Å². The smallest absolute Gasteiger partial charge is 0.190 e. The van der Waals surface area contributed by atoms with Crippen LogP contribution in [0.2, 0.25) is 0 Å². The SMILES string of the molecule is CN=C(NCCCC(C)C)NCC(C)c1ccccc1OC. The summed E-state index contributed by atoms with van der Waals surface area (Å²) in [4.78, 5) is 4.28. The summed E-state index contributed by atoms with van der Waals surface area (Å²) in [6, 6.07) is 8.17. The number of methoxy groups -OCH3 is 1. The molecule has 0 aliphatic carbocycles. The van der Waals surface area contributed by atoms with Gasteiger partial charge in [-0.3, -0.25) is 4.99 Å². The van der Waals surface area contributed by atoms with Crippen LogP contribution in [-0.2, 0) is 0 Å². The Morgan fingerprint density at radius 2 is 1.91 bits per heavy atom. The Hall–Kier alpha value is -1.71. The van der Waals surface area contributed by atoms with E-state index in [-0.39, 0.29) is 0 Å². The molecule has 0 fully saturated rings. The first kappa shape index (κ1) is 18.3. The number of benzene rings is 1. The number of guanidine groups is 1. The first-order valence-corrected chi connectivity index (χ1v) is 8.15. The molecule has 0 bridgehead atoms. The molecule has 0 heterocycles. The molecule has 0 aliphatic heterocycles. The van der Waals surface area contributed by atoms with Crippen molar-refractivity contribution < 1.29 is 4.74 Å². The summed E-state index contributed by atoms with van der Waals surface area (Å²) in [5.41, 5.74) is 1.22. The number of ether oxygens (including phenoxy) is 1. The number of hydrogen-bond acceptors (Lipinski definition) is 2. The number of aliphatic imine (C=N–C) groups is 1. The third-order valence-corrected chi connectivity index (χ3v) is 3.72. The molecule has 2 N–H and O–H groups in total. The largest absolute Gasteiger partial charge is 0.496 e. The van der Waals surface area contributed by atoms with Crippen molar-refractivity contribution in [2.24, 2.45) is 10.9 Å². The number of para-hydroxylation sites is 1. The molecule has 1 atom stereocenters. The van der Waals surface area contributed by atoms with Crippen molar-refractivity contribution in [1.29, 1.82) is 0 Å². The van der Waals surface area contributed by atoms with Crippen molar-refractivity contribution in [2.75, 3.05) is 27.2 Å². The maximum atomic E-state index is 5.43. The molecule has 0 aliphatic rings. The molecular weight excluding hydrogens is 274 g/mol. The van der Waals surface area contributed by atoms with Gasteiger partial charge in [-0.15, -0.1) is 0 Å². The highest BCUT2D eigenvalue weighted by atomic mass is 16.5. The van der Waals surface area contributed by atoms with E-state index in [4.69, 9.17) is 4.74 Å². The summed E-state index contributed by atoms with van der Waals surface area (Å²) in [7, 11) is 3.53. The van der Waals surface area contributed by atoms with Gasteiger partial charge in [-0.1, -0.05) is 39.0 Å². The van der Waals surface area contributed by atoms with E-state index in [2.05, 4.69) is 42.5 Å². The predicted molar refractivity (Wildman–Crippen MR) is 94.8 cm³/mol. The van der Waals surface area contributed by atoms with Gasteiger partial charge >= 0.3 is 0 Å². The molecule has 124 valence electrons. The average molecular weight is 305 g/mol. The first-order chi connectivity index (χ1) is 10.6. The van der Waals surface area contributed by atoms with E-state index in [1.807, 2.05) is 25.2 Å². The lowest BCUT2D eigenvalue weighted by Crippen LogP contribution is -2.39. The summed E-state index contributed by atoms with van der Waals surface area (Å²) in [6.45, 7) is 8.48. The molecule has 0 saturated carbocycles. The van der Waals surface area contributed by atoms with Crippen molar-refractivity contribution in [1.82, 2.24) is 10.6 Å². The number of nitrogens with one attached hydrogen (secondary N) is 2. The fraction of sp³-hybridized carbons (Fsp3) is 0.611. The van der Waals surface area contributed by atoms with Crippen LogP contribution in [0.3, 0.4) is 0 Å². The Bertz CT molecular complexity index is 457. The van der Waals surface area contributed by atoms with Crippen LogP contribution in [0.5, 0.6) is 5.75 Å². The molecule has 1 unspecified atom stereocenters. The van der Waals surface area contributed by atoms with Crippen molar-refractivity contribution >= 4 is 5.96 Å². The van der Waals surface area contributed by atoms with Gasteiger partial charge < -0.3 is 15.4 Å². The van der Waals surface area contributed by atoms with E-state index < -0.39 is 0 Å². The third kappa shape index (κ3) is 6.37. The Balaban J connectivity index is 2.42. The molecule has 4 heteroatoms. The minimum absolute atomic E-state index is 0.352. The maximum Gasteiger partial charge on any atom is 0.190 e. The molecule has 4 nitrogen and oxygen atoms in total. The van der Waals surface area contributed by atoms with Crippen LogP contribution >= 0.6 is 0 Å². The Kier molecular flexibility index (Phi) is 8.41. The summed E-state index contributed by atoms with van der Waals surface area (Å²) in [5.74, 6) is 2.91. The van der Waals surface area contributed by atoms with Crippen LogP contribution < -0.4 is 15.4 Å². The van der Waals surface area contributed by atoms with Crippen molar-refractivity contribution in [3.05, 3.63) is 29.8 Å². The Morgan fingerprint density at radius 1 is 1.18 bits per heavy atom. The number of nitrogens with zero attached hydrogens (tertiary/aromatic N) is 1. The molecule has 0 aromatic heterocycles. The fourth-order valence-corrected chi connectivity index (χ4v) is 2.37. The van der Waals surface area contributed by atoms with Crippen LogP contribution in [0.25, 0.3) is 0 Å². The van der Waals surface area contributed by atoms with Gasteiger partial charge in [-0.25, -0.2) is 0 Å². The summed E-state index contributed by atoms with van der Waals surface area (Å²) in [5, 5.41) is 6.76. The highest BCUT2D eigenvalue weighted by Crippen LogP contribution is 2.25. The molecule has 1 aromatic carbocycles. The zero-order valence-electron chi connectivity index (χ0n) is 14.6. The normalized spacial score (nSPS) is 13.1. The standard InChI is InChI=1S/C18H31N3O/c1-14(2)9-8-12-20-18(19-4)21-13-15(3)16-10-6-7-11-17(16)22-5/h6-7,10-11,14-15H,8-9,12-13H2,1-5H3,(H2,19,20,21). The van der Waals surface area contributed by atoms with Crippen LogP contribution in [0.1, 0.15) is 45.1 Å². The molecule has 1 aromatic rings. The fourth-order valence-electron chi connectivity index (χ4n) is 2.37. The molecular formula is C18H31N3O. The van der Waals surface area contributed by atoms with E-state index >= 15 is 0 Å². The molecule has 1 rings (SSSR count). The first-order valence-electron chi connectivity index (χ1n) is 8.15. The zero-order chi connectivity index (χ0) is 16.4. The van der Waals surface area contributed by atoms with E-state index in [0.717, 1.165) is 30.7 Å². The predicted octanol–water partition coefficient (Wildman–Crippen LogP) is 3.40. The highest BCUT2D eigenvalue weighted by molar-refractivity contribution is 5.79. The minimum Gasteiger partial charge on any atom is -0.496 e. The maximum absolute atomic E-state index is 5.43. The van der Waals surface area contributed by atoms with Gasteiger partial charge in [0.15, 0.2) is 5.96 Å². The monoisotopic (exact) mass is 305 g/mol. The quantitative estimate of drug-likeness (QED) is 0.439. The Morgan fingerprint density at radius 3 is 2.55 bits per heavy atom. The molecule has 0 radical (unpaired) electrons. The van der Waals surface area contributed by atoms with Crippen LogP contribution in [-0.4, -0.2) is 33.2 Å². The lowest BCUT2D eigenvalue weighted by Gasteiger charge is -2.18. The number of rotatable bonds is 8. The van der Waals surface area contributed by atoms with Gasteiger partial charge in [0.2, 0.25) is 0 Å². The second-order valence-electron chi connectivity index (χ2n) is 6.06. The molecule has 0 amide bonds. The number of hydrogen-bond donors (Lipinski definition) is 2. The van der Waals surface area contributed by atoms with Crippen LogP contribution in [0.4, 0.5) is 0 Å². The van der Waals surface area contributed by atoms with Gasteiger partial charge in [0.1, 0.15) is 5.75 Å². The van der Waals surface area contributed by atoms with Crippen molar-refractivity contribution in [3.63, 3.8) is 0 Å². The lowest BCUT2D eigenvalue weighted by atomic mass is 10.0. The van der Waals surface area contributed by atoms with Gasteiger partial charge in [0.25, 0.3) is 0 Å². The summed E-state index contributed by atoms with van der Waals surface area (Å²) >= 11 is 0. The second-order valence-corrected chi connectivity index (χ2v) is 6.06. The van der Waals surface area contributed by atoms with Gasteiger partial charge in [-0.2, -0.15) is 0 Å². The second kappa shape index (κ2) is 10.1. The third-order valence-electron chi connectivity index (χ3n) is 3.72. The molecule has 0 saturated heterocycles. The van der Waals surface area contributed by atoms with Crippen molar-refractivity contribution in [3.8, 4) is 5.75 Å². The van der Waals surface area contributed by atoms with Gasteiger partial charge in [-0.05, 0) is 30.4 Å². The summed E-state index contributed by atoms with van der Waals surface area (Å²) < 4.78 is 5.43. The van der Waals surface area contributed by atoms with Crippen LogP contribution in [0.15, 0.2) is 29.3 Å². The Labute approximate surface area is 135 Å². The summed E-state index contributed by atoms with van der Waals surface area (Å²) in [6.07, 6.45) is 2.40. The van der Waals surface area contributed by atoms with E-state index in [1.54, 1.807) is 7.11 Å². The highest BCUT2D eigenvalue weighted by Gasteiger charge is 2.11. The average Bonchev–Trinajstić information content (AvgIpc) is 2.53.